The fourth-order valence-corrected chi connectivity index (χ4v) is 4.27. The molecule has 0 atom stereocenters. The van der Waals surface area contributed by atoms with Crippen molar-refractivity contribution in [2.24, 2.45) is 0 Å². The van der Waals surface area contributed by atoms with Gasteiger partial charge in [-0.15, -0.1) is 0 Å². The first-order valence-electron chi connectivity index (χ1n) is 11.8. The Morgan fingerprint density at radius 1 is 1.21 bits per heavy atom. The fraction of sp³-hybridized carbons (Fsp3) is 0.500. The summed E-state index contributed by atoms with van der Waals surface area (Å²) in [5.74, 6) is 0.287. The number of pyridine rings is 1. The molecule has 0 aliphatic carbocycles. The lowest BCUT2D eigenvalue weighted by atomic mass is 9.86. The van der Waals surface area contributed by atoms with E-state index in [1.807, 2.05) is 25.3 Å². The standard InChI is InChI=1S/C18H27FN2.C10H12O2/c1-5-6-16-14(2)20-10-7-17(16)15-8-11-21(12-9-15)13-18(3,4)19;1-3-8-4-6-9(7-5-8)10(11)12-2/h5-7,10,15H,8-9,11-13H2,1-4H3;4-7H,3H2,1-2H3/b6-5-;. The van der Waals surface area contributed by atoms with Crippen LogP contribution in [0.1, 0.15) is 79.2 Å². The zero-order valence-electron chi connectivity index (χ0n) is 21.0. The van der Waals surface area contributed by atoms with Crippen molar-refractivity contribution in [1.82, 2.24) is 9.88 Å². The molecule has 0 radical (unpaired) electrons. The lowest BCUT2D eigenvalue weighted by Gasteiger charge is -2.35. The van der Waals surface area contributed by atoms with Crippen molar-refractivity contribution in [3.63, 3.8) is 0 Å². The number of halogens is 1. The molecule has 1 aliphatic rings. The first kappa shape index (κ1) is 26.7. The molecule has 0 saturated carbocycles. The minimum Gasteiger partial charge on any atom is -0.465 e. The van der Waals surface area contributed by atoms with Gasteiger partial charge in [0.15, 0.2) is 0 Å². The first-order chi connectivity index (χ1) is 15.7. The zero-order valence-corrected chi connectivity index (χ0v) is 21.0. The smallest absolute Gasteiger partial charge is 0.337 e. The molecule has 0 spiro atoms. The number of hydrogen-bond donors (Lipinski definition) is 0. The summed E-state index contributed by atoms with van der Waals surface area (Å²) < 4.78 is 18.3. The third-order valence-electron chi connectivity index (χ3n) is 5.97. The minimum atomic E-state index is -1.10. The summed E-state index contributed by atoms with van der Waals surface area (Å²) in [6.07, 6.45) is 9.34. The number of nitrogens with zero attached hydrogens (tertiary/aromatic N) is 2. The number of piperidine rings is 1. The van der Waals surface area contributed by atoms with E-state index in [0.717, 1.165) is 38.0 Å². The van der Waals surface area contributed by atoms with Crippen LogP contribution in [0.5, 0.6) is 0 Å². The Bertz CT molecular complexity index is 908. The van der Waals surface area contributed by atoms with Crippen LogP contribution in [0.2, 0.25) is 0 Å². The van der Waals surface area contributed by atoms with Crippen molar-refractivity contribution >= 4 is 12.0 Å². The summed E-state index contributed by atoms with van der Waals surface area (Å²) in [6, 6.07) is 9.59. The highest BCUT2D eigenvalue weighted by molar-refractivity contribution is 5.89. The van der Waals surface area contributed by atoms with Crippen LogP contribution < -0.4 is 0 Å². The number of methoxy groups -OCH3 is 1. The number of aromatic nitrogens is 1. The number of likely N-dealkylation sites (tertiary alicyclic amines) is 1. The predicted octanol–water partition coefficient (Wildman–Crippen LogP) is 6.39. The summed E-state index contributed by atoms with van der Waals surface area (Å²) in [5.41, 5.74) is 4.50. The Morgan fingerprint density at radius 3 is 2.36 bits per heavy atom. The van der Waals surface area contributed by atoms with E-state index in [1.165, 1.54) is 23.8 Å². The van der Waals surface area contributed by atoms with Gasteiger partial charge in [0.05, 0.1) is 12.7 Å². The third-order valence-corrected chi connectivity index (χ3v) is 5.97. The van der Waals surface area contributed by atoms with Crippen molar-refractivity contribution in [2.75, 3.05) is 26.7 Å². The van der Waals surface area contributed by atoms with Gasteiger partial charge >= 0.3 is 5.97 Å². The Hall–Kier alpha value is -2.53. The molecule has 1 aromatic carbocycles. The van der Waals surface area contributed by atoms with Gasteiger partial charge in [-0.25, -0.2) is 9.18 Å². The van der Waals surface area contributed by atoms with E-state index in [0.29, 0.717) is 18.0 Å². The Kier molecular flexibility index (Phi) is 10.2. The largest absolute Gasteiger partial charge is 0.465 e. The van der Waals surface area contributed by atoms with Crippen LogP contribution in [0.15, 0.2) is 42.6 Å². The van der Waals surface area contributed by atoms with E-state index in [9.17, 15) is 9.18 Å². The summed E-state index contributed by atoms with van der Waals surface area (Å²) >= 11 is 0. The van der Waals surface area contributed by atoms with E-state index >= 15 is 0 Å². The van der Waals surface area contributed by atoms with E-state index in [2.05, 4.69) is 46.7 Å². The Balaban J connectivity index is 0.000000273. The molecule has 180 valence electrons. The fourth-order valence-electron chi connectivity index (χ4n) is 4.27. The van der Waals surface area contributed by atoms with Crippen LogP contribution in [0.4, 0.5) is 4.39 Å². The van der Waals surface area contributed by atoms with Gasteiger partial charge in [-0.05, 0) is 101 Å². The number of rotatable bonds is 6. The number of esters is 1. The van der Waals surface area contributed by atoms with Gasteiger partial charge in [0, 0.05) is 18.4 Å². The average molecular weight is 455 g/mol. The Morgan fingerprint density at radius 2 is 1.85 bits per heavy atom. The van der Waals surface area contributed by atoms with Crippen LogP contribution in [0.25, 0.3) is 6.08 Å². The molecular formula is C28H39FN2O2. The maximum absolute atomic E-state index is 13.8. The van der Waals surface area contributed by atoms with Crippen LogP contribution in [0, 0.1) is 6.92 Å². The van der Waals surface area contributed by atoms with Crippen molar-refractivity contribution in [1.29, 1.82) is 0 Å². The molecule has 0 unspecified atom stereocenters. The van der Waals surface area contributed by atoms with Gasteiger partial charge in [0.25, 0.3) is 0 Å². The quantitative estimate of drug-likeness (QED) is 0.475. The van der Waals surface area contributed by atoms with Gasteiger partial charge in [0.1, 0.15) is 5.67 Å². The van der Waals surface area contributed by atoms with Crippen LogP contribution >= 0.6 is 0 Å². The molecule has 4 nitrogen and oxygen atoms in total. The molecular weight excluding hydrogens is 415 g/mol. The molecule has 1 aliphatic heterocycles. The molecule has 1 saturated heterocycles. The summed E-state index contributed by atoms with van der Waals surface area (Å²) in [4.78, 5) is 17.6. The summed E-state index contributed by atoms with van der Waals surface area (Å²) in [6.45, 7) is 12.0. The number of alkyl halides is 1. The maximum atomic E-state index is 13.8. The van der Waals surface area contributed by atoms with Gasteiger partial charge in [0.2, 0.25) is 0 Å². The average Bonchev–Trinajstić information content (AvgIpc) is 2.80. The third kappa shape index (κ3) is 8.39. The molecule has 0 amide bonds. The van der Waals surface area contributed by atoms with Gasteiger partial charge in [-0.2, -0.15) is 0 Å². The highest BCUT2D eigenvalue weighted by Crippen LogP contribution is 2.32. The second-order valence-electron chi connectivity index (χ2n) is 9.21. The van der Waals surface area contributed by atoms with E-state index in [1.54, 1.807) is 26.0 Å². The van der Waals surface area contributed by atoms with Crippen molar-refractivity contribution in [3.8, 4) is 0 Å². The zero-order chi connectivity index (χ0) is 24.4. The van der Waals surface area contributed by atoms with Gasteiger partial charge in [-0.1, -0.05) is 31.2 Å². The monoisotopic (exact) mass is 454 g/mol. The molecule has 3 rings (SSSR count). The predicted molar refractivity (Wildman–Crippen MR) is 134 cm³/mol. The molecule has 2 aromatic rings. The number of carbonyl (C=O) groups is 1. The number of hydrogen-bond acceptors (Lipinski definition) is 4. The highest BCUT2D eigenvalue weighted by Gasteiger charge is 2.26. The lowest BCUT2D eigenvalue weighted by Crippen LogP contribution is -2.40. The molecule has 33 heavy (non-hydrogen) atoms. The van der Waals surface area contributed by atoms with Gasteiger partial charge in [-0.3, -0.25) is 4.98 Å². The van der Waals surface area contributed by atoms with Crippen LogP contribution in [-0.2, 0) is 11.2 Å². The topological polar surface area (TPSA) is 42.4 Å². The van der Waals surface area contributed by atoms with E-state index < -0.39 is 5.67 Å². The molecule has 1 fully saturated rings. The molecule has 5 heteroatoms. The Labute approximate surface area is 198 Å². The van der Waals surface area contributed by atoms with Crippen LogP contribution in [-0.4, -0.2) is 48.3 Å². The van der Waals surface area contributed by atoms with E-state index in [4.69, 9.17) is 0 Å². The molecule has 0 N–H and O–H groups in total. The number of ether oxygens (including phenoxy) is 1. The second kappa shape index (κ2) is 12.6. The highest BCUT2D eigenvalue weighted by atomic mass is 19.1. The van der Waals surface area contributed by atoms with E-state index in [-0.39, 0.29) is 5.97 Å². The number of aryl methyl sites for hydroxylation is 2. The normalized spacial score (nSPS) is 15.2. The summed E-state index contributed by atoms with van der Waals surface area (Å²) in [5, 5.41) is 0. The molecule has 0 bridgehead atoms. The van der Waals surface area contributed by atoms with Crippen molar-refractivity contribution < 1.29 is 13.9 Å². The summed E-state index contributed by atoms with van der Waals surface area (Å²) in [7, 11) is 1.38. The molecule has 2 heterocycles. The number of allylic oxidation sites excluding steroid dienone is 1. The lowest BCUT2D eigenvalue weighted by molar-refractivity contribution is 0.0600. The molecule has 1 aromatic heterocycles. The maximum Gasteiger partial charge on any atom is 0.337 e. The van der Waals surface area contributed by atoms with Crippen LogP contribution in [0.3, 0.4) is 0 Å². The van der Waals surface area contributed by atoms with Crippen molar-refractivity contribution in [2.45, 2.75) is 65.5 Å². The minimum absolute atomic E-state index is 0.280. The van der Waals surface area contributed by atoms with Crippen molar-refractivity contribution in [3.05, 3.63) is 70.6 Å². The first-order valence-corrected chi connectivity index (χ1v) is 11.8. The number of carbonyl (C=O) groups excluding carboxylic acids is 1. The second-order valence-corrected chi connectivity index (χ2v) is 9.21. The van der Waals surface area contributed by atoms with Gasteiger partial charge < -0.3 is 9.64 Å². The SMILES string of the molecule is C/C=C\c1c(C2CCN(CC(C)(C)F)CC2)ccnc1C.CCc1ccc(C(=O)OC)cc1. The number of benzene rings is 1.